The lowest BCUT2D eigenvalue weighted by molar-refractivity contribution is -0.275. The van der Waals surface area contributed by atoms with Gasteiger partial charge < -0.3 is 59.8 Å². The molecular formula is C26H34O13. The summed E-state index contributed by atoms with van der Waals surface area (Å²) in [5.41, 5.74) is -1.07. The van der Waals surface area contributed by atoms with E-state index < -0.39 is 92.4 Å². The second-order valence-corrected chi connectivity index (χ2v) is 10.7. The summed E-state index contributed by atoms with van der Waals surface area (Å²) in [4.78, 5) is 13.4. The Morgan fingerprint density at radius 1 is 0.974 bits per heavy atom. The van der Waals surface area contributed by atoms with Crippen LogP contribution in [0.25, 0.3) is 5.57 Å². The van der Waals surface area contributed by atoms with Crippen molar-refractivity contribution >= 4 is 11.4 Å². The van der Waals surface area contributed by atoms with E-state index in [4.69, 9.17) is 18.9 Å². The molecule has 12 atom stereocenters. The van der Waals surface area contributed by atoms with Gasteiger partial charge in [-0.2, -0.15) is 0 Å². The predicted octanol–water partition coefficient (Wildman–Crippen LogP) is -2.60. The van der Waals surface area contributed by atoms with Gasteiger partial charge in [0.25, 0.3) is 0 Å². The third-order valence-electron chi connectivity index (χ3n) is 8.25. The number of phenolic OH excluding ortho intramolecular Hbond substituents is 1. The van der Waals surface area contributed by atoms with Crippen molar-refractivity contribution in [3.8, 4) is 5.75 Å². The molecule has 4 unspecified atom stereocenters. The predicted molar refractivity (Wildman–Crippen MR) is 129 cm³/mol. The molecule has 0 bridgehead atoms. The van der Waals surface area contributed by atoms with Gasteiger partial charge in [-0.25, -0.2) is 0 Å². The highest BCUT2D eigenvalue weighted by molar-refractivity contribution is 6.22. The zero-order valence-corrected chi connectivity index (χ0v) is 20.9. The molecule has 4 aliphatic rings. The molecule has 13 heteroatoms. The smallest absolute Gasteiger partial charge is 0.186 e. The molecule has 1 aromatic carbocycles. The van der Waals surface area contributed by atoms with Crippen LogP contribution in [0, 0.1) is 11.8 Å². The minimum absolute atomic E-state index is 0.0445. The lowest BCUT2D eigenvalue weighted by Crippen LogP contribution is -2.65. The van der Waals surface area contributed by atoms with Crippen molar-refractivity contribution in [1.82, 2.24) is 0 Å². The summed E-state index contributed by atoms with van der Waals surface area (Å²) in [6, 6.07) is 6.06. The molecule has 0 radical (unpaired) electrons. The first-order valence-electron chi connectivity index (χ1n) is 12.9. The molecule has 13 nitrogen and oxygen atoms in total. The Kier molecular flexibility index (Phi) is 8.01. The van der Waals surface area contributed by atoms with Gasteiger partial charge >= 0.3 is 0 Å². The topological polar surface area (TPSA) is 216 Å². The van der Waals surface area contributed by atoms with E-state index in [1.807, 2.05) is 0 Å². The summed E-state index contributed by atoms with van der Waals surface area (Å²) in [5.74, 6) is -1.83. The number of carbonyl (C=O) groups excluding carboxylic acids is 1. The number of phenols is 1. The van der Waals surface area contributed by atoms with Gasteiger partial charge in [0.15, 0.2) is 12.1 Å². The van der Waals surface area contributed by atoms with Gasteiger partial charge in [-0.05, 0) is 30.5 Å². The third kappa shape index (κ3) is 5.08. The largest absolute Gasteiger partial charge is 0.508 e. The fraction of sp³-hybridized carbons (Fsp3) is 0.654. The average Bonchev–Trinajstić information content (AvgIpc) is 3.22. The van der Waals surface area contributed by atoms with Crippen molar-refractivity contribution in [2.75, 3.05) is 19.8 Å². The number of Topliss-reactive ketones (excluding diaryl/α,β-unsaturated/α-hetero) is 1. The summed E-state index contributed by atoms with van der Waals surface area (Å²) < 4.78 is 22.5. The molecule has 0 spiro atoms. The normalized spacial score (nSPS) is 44.4. The molecule has 1 saturated carbocycles. The first-order valence-corrected chi connectivity index (χ1v) is 12.9. The maximum atomic E-state index is 13.4. The number of hydrogen-bond acceptors (Lipinski definition) is 13. The SMILES string of the molecule is O=C1C(c2ccc(O)cc2)=COC2C1CCC(O)C2[C@@H]1O[C@H](CO[C@@H]2OC[C@](O)(CO)[C@H]2O)[C@@H](O)[C@H](O)[C@H]1O. The summed E-state index contributed by atoms with van der Waals surface area (Å²) in [7, 11) is 0. The standard InChI is InChI=1S/C26H34O13/c27-9-26(35)10-38-25(24(26)34)37-8-16-19(31)20(32)21(33)23(39-16)17-15(29)6-5-13-18(30)14(7-36-22(13)17)11-1-3-12(28)4-2-11/h1-4,7,13,15-17,19-25,27-29,31-35H,5-6,8-10H2/t13?,15?,16-,17?,19-,20+,21-,22?,23+,24+,25-,26-/m1/s1. The van der Waals surface area contributed by atoms with Gasteiger partial charge in [-0.1, -0.05) is 12.1 Å². The van der Waals surface area contributed by atoms with Crippen LogP contribution in [0.4, 0.5) is 0 Å². The number of ketones is 1. The van der Waals surface area contributed by atoms with Gasteiger partial charge in [-0.15, -0.1) is 0 Å². The molecule has 3 fully saturated rings. The quantitative estimate of drug-likeness (QED) is 0.181. The maximum absolute atomic E-state index is 13.4. The number of carbonyl (C=O) groups is 1. The molecule has 5 rings (SSSR count). The number of fused-ring (bicyclic) bond motifs is 1. The van der Waals surface area contributed by atoms with Crippen molar-refractivity contribution in [2.24, 2.45) is 11.8 Å². The fourth-order valence-corrected chi connectivity index (χ4v) is 5.88. The van der Waals surface area contributed by atoms with Gasteiger partial charge in [-0.3, -0.25) is 4.79 Å². The lowest BCUT2D eigenvalue weighted by atomic mass is 9.68. The molecule has 3 heterocycles. The first-order chi connectivity index (χ1) is 18.6. The molecule has 0 aromatic heterocycles. The number of aliphatic hydroxyl groups is 7. The number of hydrogen-bond donors (Lipinski definition) is 8. The summed E-state index contributed by atoms with van der Waals surface area (Å²) in [6.07, 6.45) is -10.6. The number of allylic oxidation sites excluding steroid dienone is 1. The zero-order valence-electron chi connectivity index (χ0n) is 20.9. The zero-order chi connectivity index (χ0) is 28.1. The number of benzene rings is 1. The van der Waals surface area contributed by atoms with E-state index >= 15 is 0 Å². The molecule has 1 aliphatic carbocycles. The van der Waals surface area contributed by atoms with Crippen LogP contribution in [0.3, 0.4) is 0 Å². The van der Waals surface area contributed by atoms with E-state index in [-0.39, 0.29) is 18.0 Å². The van der Waals surface area contributed by atoms with Crippen molar-refractivity contribution in [2.45, 2.75) is 73.6 Å². The molecule has 8 N–H and O–H groups in total. The Balaban J connectivity index is 1.33. The molecule has 0 amide bonds. The van der Waals surface area contributed by atoms with Gasteiger partial charge in [0.1, 0.15) is 48.0 Å². The second kappa shape index (κ2) is 11.0. The van der Waals surface area contributed by atoms with Crippen LogP contribution in [0.2, 0.25) is 0 Å². The summed E-state index contributed by atoms with van der Waals surface area (Å²) in [5, 5.41) is 82.1. The number of ether oxygens (including phenoxy) is 4. The maximum Gasteiger partial charge on any atom is 0.186 e. The van der Waals surface area contributed by atoms with Crippen LogP contribution < -0.4 is 0 Å². The Labute approximate surface area is 223 Å². The summed E-state index contributed by atoms with van der Waals surface area (Å²) >= 11 is 0. The fourth-order valence-electron chi connectivity index (χ4n) is 5.88. The van der Waals surface area contributed by atoms with Gasteiger partial charge in [0.2, 0.25) is 0 Å². The number of aromatic hydroxyl groups is 1. The molecular weight excluding hydrogens is 520 g/mol. The van der Waals surface area contributed by atoms with Gasteiger partial charge in [0, 0.05) is 0 Å². The van der Waals surface area contributed by atoms with Crippen LogP contribution in [0.5, 0.6) is 5.75 Å². The van der Waals surface area contributed by atoms with Crippen LogP contribution >= 0.6 is 0 Å². The van der Waals surface area contributed by atoms with Crippen LogP contribution in [-0.4, -0.2) is 127 Å². The first kappa shape index (κ1) is 28.4. The highest BCUT2D eigenvalue weighted by atomic mass is 16.7. The molecule has 2 saturated heterocycles. The van der Waals surface area contributed by atoms with Crippen LogP contribution in [0.15, 0.2) is 30.5 Å². The van der Waals surface area contributed by atoms with Crippen molar-refractivity contribution < 1.29 is 64.6 Å². The second-order valence-electron chi connectivity index (χ2n) is 10.7. The minimum Gasteiger partial charge on any atom is -0.508 e. The third-order valence-corrected chi connectivity index (χ3v) is 8.25. The van der Waals surface area contributed by atoms with Crippen molar-refractivity contribution in [1.29, 1.82) is 0 Å². The highest BCUT2D eigenvalue weighted by Gasteiger charge is 2.56. The molecule has 39 heavy (non-hydrogen) atoms. The number of aliphatic hydroxyl groups excluding tert-OH is 6. The van der Waals surface area contributed by atoms with Crippen molar-refractivity contribution in [3.63, 3.8) is 0 Å². The monoisotopic (exact) mass is 554 g/mol. The molecule has 3 aliphatic heterocycles. The van der Waals surface area contributed by atoms with E-state index in [9.17, 15) is 45.6 Å². The van der Waals surface area contributed by atoms with E-state index in [0.29, 0.717) is 17.6 Å². The van der Waals surface area contributed by atoms with Gasteiger partial charge in [0.05, 0.1) is 55.7 Å². The minimum atomic E-state index is -1.92. The Morgan fingerprint density at radius 2 is 1.69 bits per heavy atom. The lowest BCUT2D eigenvalue weighted by Gasteiger charge is -2.50. The van der Waals surface area contributed by atoms with Crippen LogP contribution in [0.1, 0.15) is 18.4 Å². The average molecular weight is 555 g/mol. The van der Waals surface area contributed by atoms with E-state index in [1.165, 1.54) is 18.4 Å². The molecule has 216 valence electrons. The van der Waals surface area contributed by atoms with Crippen molar-refractivity contribution in [3.05, 3.63) is 36.1 Å². The highest BCUT2D eigenvalue weighted by Crippen LogP contribution is 2.43. The van der Waals surface area contributed by atoms with E-state index in [0.717, 1.165) is 0 Å². The number of rotatable bonds is 6. The Bertz CT molecular complexity index is 1060. The Morgan fingerprint density at radius 3 is 2.36 bits per heavy atom. The Hall–Kier alpha value is -2.17. The van der Waals surface area contributed by atoms with Crippen LogP contribution in [-0.2, 0) is 23.7 Å². The van der Waals surface area contributed by atoms with E-state index in [1.54, 1.807) is 12.1 Å². The van der Waals surface area contributed by atoms with E-state index in [2.05, 4.69) is 0 Å². The summed E-state index contributed by atoms with van der Waals surface area (Å²) in [6.45, 7) is -1.60. The molecule has 1 aromatic rings.